The van der Waals surface area contributed by atoms with Gasteiger partial charge in [0.05, 0.1) is 6.42 Å². The van der Waals surface area contributed by atoms with E-state index in [2.05, 4.69) is 23.3 Å². The topological polar surface area (TPSA) is 141 Å². The lowest BCUT2D eigenvalue weighted by molar-refractivity contribution is -0.165. The van der Waals surface area contributed by atoms with Gasteiger partial charge in [-0.3, -0.25) is 23.7 Å². The highest BCUT2D eigenvalue weighted by atomic mass is 32.2. The SMILES string of the molecule is CCCCCCCCCCCC(=O)OC(=O)CC(C(=O)OC(=O)CCCCCCCCCCC)S(=O)(=O)O. The van der Waals surface area contributed by atoms with Crippen LogP contribution in [0.4, 0.5) is 0 Å². The molecule has 0 aliphatic rings. The largest absolute Gasteiger partial charge is 0.393 e. The minimum atomic E-state index is -5.06. The second-order valence-corrected chi connectivity index (χ2v) is 11.6. The first-order valence-electron chi connectivity index (χ1n) is 14.6. The van der Waals surface area contributed by atoms with Gasteiger partial charge in [-0.05, 0) is 12.8 Å². The molecule has 9 nitrogen and oxygen atoms in total. The molecule has 0 aromatic carbocycles. The minimum Gasteiger partial charge on any atom is -0.393 e. The molecule has 0 heterocycles. The van der Waals surface area contributed by atoms with Crippen molar-refractivity contribution in [3.63, 3.8) is 0 Å². The first-order chi connectivity index (χ1) is 18.1. The Bertz CT molecular complexity index is 777. The molecule has 0 aliphatic carbocycles. The van der Waals surface area contributed by atoms with Crippen molar-refractivity contribution in [1.29, 1.82) is 0 Å². The fourth-order valence-corrected chi connectivity index (χ4v) is 4.71. The van der Waals surface area contributed by atoms with Crippen molar-refractivity contribution in [2.24, 2.45) is 0 Å². The molecular formula is C28H50O9S. The number of esters is 4. The van der Waals surface area contributed by atoms with E-state index < -0.39 is 45.7 Å². The van der Waals surface area contributed by atoms with Crippen molar-refractivity contribution in [2.75, 3.05) is 0 Å². The molecule has 0 amide bonds. The average Bonchev–Trinajstić information content (AvgIpc) is 2.84. The van der Waals surface area contributed by atoms with Crippen LogP contribution in [0.3, 0.4) is 0 Å². The van der Waals surface area contributed by atoms with Crippen molar-refractivity contribution in [3.05, 3.63) is 0 Å². The zero-order valence-electron chi connectivity index (χ0n) is 23.5. The molecule has 0 rings (SSSR count). The monoisotopic (exact) mass is 562 g/mol. The lowest BCUT2D eigenvalue weighted by atomic mass is 10.1. The van der Waals surface area contributed by atoms with Crippen LogP contribution in [0.1, 0.15) is 149 Å². The van der Waals surface area contributed by atoms with Gasteiger partial charge in [0.2, 0.25) is 0 Å². The van der Waals surface area contributed by atoms with Crippen LogP contribution >= 0.6 is 0 Å². The average molecular weight is 563 g/mol. The number of rotatable bonds is 24. The fourth-order valence-electron chi connectivity index (χ4n) is 4.07. The van der Waals surface area contributed by atoms with Crippen LogP contribution in [0.5, 0.6) is 0 Å². The molecule has 0 spiro atoms. The summed E-state index contributed by atoms with van der Waals surface area (Å²) in [5.41, 5.74) is 0. The third-order valence-corrected chi connectivity index (χ3v) is 7.46. The van der Waals surface area contributed by atoms with Gasteiger partial charge in [-0.2, -0.15) is 8.42 Å². The molecule has 0 bridgehead atoms. The molecule has 0 saturated heterocycles. The molecule has 0 saturated carbocycles. The van der Waals surface area contributed by atoms with Crippen molar-refractivity contribution in [2.45, 2.75) is 154 Å². The molecule has 222 valence electrons. The van der Waals surface area contributed by atoms with E-state index in [0.29, 0.717) is 12.8 Å². The Labute approximate surface area is 229 Å². The highest BCUT2D eigenvalue weighted by molar-refractivity contribution is 7.87. The number of ether oxygens (including phenoxy) is 2. The summed E-state index contributed by atoms with van der Waals surface area (Å²) in [7, 11) is -5.06. The maximum atomic E-state index is 12.2. The summed E-state index contributed by atoms with van der Waals surface area (Å²) < 4.78 is 41.7. The third kappa shape index (κ3) is 21.2. The second kappa shape index (κ2) is 23.1. The van der Waals surface area contributed by atoms with Crippen molar-refractivity contribution in [3.8, 4) is 0 Å². The number of carbonyl (C=O) groups excluding carboxylic acids is 4. The zero-order valence-corrected chi connectivity index (χ0v) is 24.4. The normalized spacial score (nSPS) is 12.2. The van der Waals surface area contributed by atoms with Gasteiger partial charge in [0.25, 0.3) is 10.1 Å². The summed E-state index contributed by atoms with van der Waals surface area (Å²) >= 11 is 0. The van der Waals surface area contributed by atoms with E-state index in [-0.39, 0.29) is 12.8 Å². The number of carbonyl (C=O) groups is 4. The standard InChI is InChI=1S/C28H50O9S/c1-3-5-7-9-11-13-15-17-19-21-25(29)36-27(31)23-24(38(33,34)35)28(32)37-26(30)22-20-18-16-14-12-10-8-6-4-2/h24H,3-23H2,1-2H3,(H,33,34,35). The van der Waals surface area contributed by atoms with E-state index >= 15 is 0 Å². The van der Waals surface area contributed by atoms with Crippen LogP contribution in [0.15, 0.2) is 0 Å². The first-order valence-corrected chi connectivity index (χ1v) is 16.1. The van der Waals surface area contributed by atoms with Crippen LogP contribution < -0.4 is 0 Å². The summed E-state index contributed by atoms with van der Waals surface area (Å²) in [6.07, 6.45) is 17.4. The van der Waals surface area contributed by atoms with E-state index in [1.54, 1.807) is 0 Å². The molecule has 0 fully saturated rings. The summed E-state index contributed by atoms with van der Waals surface area (Å²) in [6, 6.07) is 0. The Morgan fingerprint density at radius 2 is 0.895 bits per heavy atom. The number of hydrogen-bond donors (Lipinski definition) is 1. The van der Waals surface area contributed by atoms with Crippen LogP contribution in [-0.4, -0.2) is 42.1 Å². The van der Waals surface area contributed by atoms with E-state index in [9.17, 15) is 32.1 Å². The molecule has 38 heavy (non-hydrogen) atoms. The molecule has 1 N–H and O–H groups in total. The molecule has 0 aromatic rings. The van der Waals surface area contributed by atoms with Gasteiger partial charge < -0.3 is 9.47 Å². The summed E-state index contributed by atoms with van der Waals surface area (Å²) in [5.74, 6) is -4.60. The van der Waals surface area contributed by atoms with Gasteiger partial charge in [-0.1, -0.05) is 117 Å². The van der Waals surface area contributed by atoms with Crippen LogP contribution in [0, 0.1) is 0 Å². The molecular weight excluding hydrogens is 512 g/mol. The highest BCUT2D eigenvalue weighted by Gasteiger charge is 2.37. The Hall–Kier alpha value is -1.81. The quantitative estimate of drug-likeness (QED) is 0.0595. The molecule has 0 radical (unpaired) electrons. The third-order valence-electron chi connectivity index (χ3n) is 6.39. The van der Waals surface area contributed by atoms with Gasteiger partial charge in [0.15, 0.2) is 5.25 Å². The molecule has 10 heteroatoms. The molecule has 0 aliphatic heterocycles. The van der Waals surface area contributed by atoms with Crippen LogP contribution in [0.2, 0.25) is 0 Å². The summed E-state index contributed by atoms with van der Waals surface area (Å²) in [5, 5.41) is -2.33. The summed E-state index contributed by atoms with van der Waals surface area (Å²) in [4.78, 5) is 48.0. The molecule has 0 aromatic heterocycles. The van der Waals surface area contributed by atoms with Gasteiger partial charge in [0.1, 0.15) is 0 Å². The fraction of sp³-hybridized carbons (Fsp3) is 0.857. The maximum absolute atomic E-state index is 12.2. The lowest BCUT2D eigenvalue weighted by Gasteiger charge is -2.12. The molecule has 1 atom stereocenters. The van der Waals surface area contributed by atoms with Crippen LogP contribution in [-0.2, 0) is 38.8 Å². The maximum Gasteiger partial charge on any atom is 0.335 e. The smallest absolute Gasteiger partial charge is 0.335 e. The van der Waals surface area contributed by atoms with Crippen molar-refractivity contribution >= 4 is 34.0 Å². The van der Waals surface area contributed by atoms with Crippen molar-refractivity contribution < 1.29 is 41.6 Å². The van der Waals surface area contributed by atoms with Crippen molar-refractivity contribution in [1.82, 2.24) is 0 Å². The van der Waals surface area contributed by atoms with Gasteiger partial charge >= 0.3 is 23.9 Å². The Kier molecular flexibility index (Phi) is 22.0. The summed E-state index contributed by atoms with van der Waals surface area (Å²) in [6.45, 7) is 4.33. The van der Waals surface area contributed by atoms with E-state index in [1.165, 1.54) is 51.4 Å². The van der Waals surface area contributed by atoms with Gasteiger partial charge in [-0.15, -0.1) is 0 Å². The highest BCUT2D eigenvalue weighted by Crippen LogP contribution is 2.14. The predicted octanol–water partition coefficient (Wildman–Crippen LogP) is 6.61. The predicted molar refractivity (Wildman–Crippen MR) is 146 cm³/mol. The van der Waals surface area contributed by atoms with E-state index in [1.807, 2.05) is 0 Å². The van der Waals surface area contributed by atoms with Gasteiger partial charge in [0, 0.05) is 12.8 Å². The Morgan fingerprint density at radius 1 is 0.553 bits per heavy atom. The first kappa shape index (κ1) is 36.2. The number of unbranched alkanes of at least 4 members (excludes halogenated alkanes) is 16. The molecule has 1 unspecified atom stereocenters. The minimum absolute atomic E-state index is 0.0141. The van der Waals surface area contributed by atoms with Gasteiger partial charge in [-0.25, -0.2) is 0 Å². The Balaban J connectivity index is 4.24. The lowest BCUT2D eigenvalue weighted by Crippen LogP contribution is -2.36. The second-order valence-electron chi connectivity index (χ2n) is 10.0. The Morgan fingerprint density at radius 3 is 1.26 bits per heavy atom. The zero-order chi connectivity index (χ0) is 28.7. The number of hydrogen-bond acceptors (Lipinski definition) is 8. The van der Waals surface area contributed by atoms with E-state index in [0.717, 1.165) is 51.4 Å². The van der Waals surface area contributed by atoms with E-state index in [4.69, 9.17) is 0 Å². The van der Waals surface area contributed by atoms with Crippen LogP contribution in [0.25, 0.3) is 0 Å².